The van der Waals surface area contributed by atoms with Gasteiger partial charge in [0.25, 0.3) is 0 Å². The minimum atomic E-state index is -0.0605. The molecule has 0 unspecified atom stereocenters. The third-order valence-electron chi connectivity index (χ3n) is 4.04. The van der Waals surface area contributed by atoms with Crippen molar-refractivity contribution in [2.24, 2.45) is 5.92 Å². The molecule has 5 nitrogen and oxygen atoms in total. The van der Waals surface area contributed by atoms with Crippen LogP contribution in [-0.2, 0) is 30.6 Å². The van der Waals surface area contributed by atoms with Crippen molar-refractivity contribution in [3.05, 3.63) is 41.6 Å². The first-order chi connectivity index (χ1) is 11.1. The highest BCUT2D eigenvalue weighted by atomic mass is 16.1. The zero-order valence-corrected chi connectivity index (χ0v) is 13.9. The van der Waals surface area contributed by atoms with Gasteiger partial charge in [0.1, 0.15) is 11.6 Å². The minimum absolute atomic E-state index is 0.0605. The van der Waals surface area contributed by atoms with Crippen LogP contribution in [0, 0.1) is 5.92 Å². The second-order valence-corrected chi connectivity index (χ2v) is 6.67. The maximum absolute atomic E-state index is 12.2. The Morgan fingerprint density at radius 2 is 2.26 bits per heavy atom. The number of nitrogens with zero attached hydrogens (tertiary/aromatic N) is 3. The van der Waals surface area contributed by atoms with E-state index in [0.717, 1.165) is 30.9 Å². The van der Waals surface area contributed by atoms with E-state index in [0.29, 0.717) is 18.2 Å². The molecule has 0 atom stereocenters. The summed E-state index contributed by atoms with van der Waals surface area (Å²) in [7, 11) is 0. The predicted octanol–water partition coefficient (Wildman–Crippen LogP) is 2.99. The Bertz CT molecular complexity index is 667. The molecule has 3 rings (SSSR count). The summed E-state index contributed by atoms with van der Waals surface area (Å²) in [4.78, 5) is 21.0. The summed E-state index contributed by atoms with van der Waals surface area (Å²) < 4.78 is 2.17. The molecule has 0 bridgehead atoms. The molecule has 0 aliphatic carbocycles. The Hall–Kier alpha value is -2.17. The first-order valence-electron chi connectivity index (χ1n) is 8.40. The molecule has 1 aliphatic rings. The highest BCUT2D eigenvalue weighted by Crippen LogP contribution is 2.16. The summed E-state index contributed by atoms with van der Waals surface area (Å²) in [5, 5.41) is 2.89. The van der Waals surface area contributed by atoms with Gasteiger partial charge in [0.2, 0.25) is 5.91 Å². The van der Waals surface area contributed by atoms with Gasteiger partial charge < -0.3 is 9.88 Å². The molecule has 3 heterocycles. The van der Waals surface area contributed by atoms with Gasteiger partial charge in [-0.1, -0.05) is 13.8 Å². The van der Waals surface area contributed by atoms with Gasteiger partial charge in [0.15, 0.2) is 0 Å². The fraction of sp³-hybridized carbons (Fsp3) is 0.500. The fourth-order valence-electron chi connectivity index (χ4n) is 3.05. The van der Waals surface area contributed by atoms with Crippen molar-refractivity contribution >= 4 is 11.7 Å². The molecule has 0 aromatic carbocycles. The number of fused-ring (bicyclic) bond motifs is 1. The molecule has 0 fully saturated rings. The number of carbonyl (C=O) groups is 1. The van der Waals surface area contributed by atoms with Gasteiger partial charge in [-0.15, -0.1) is 0 Å². The van der Waals surface area contributed by atoms with Crippen molar-refractivity contribution in [3.8, 4) is 0 Å². The van der Waals surface area contributed by atoms with Crippen molar-refractivity contribution < 1.29 is 4.79 Å². The largest absolute Gasteiger partial charge is 0.335 e. The van der Waals surface area contributed by atoms with Crippen LogP contribution in [0.4, 0.5) is 5.82 Å². The zero-order valence-electron chi connectivity index (χ0n) is 13.9. The van der Waals surface area contributed by atoms with Gasteiger partial charge >= 0.3 is 0 Å². The van der Waals surface area contributed by atoms with E-state index < -0.39 is 0 Å². The van der Waals surface area contributed by atoms with E-state index in [9.17, 15) is 4.79 Å². The lowest BCUT2D eigenvalue weighted by Crippen LogP contribution is -2.15. The zero-order chi connectivity index (χ0) is 16.2. The number of imidazole rings is 1. The molecule has 23 heavy (non-hydrogen) atoms. The van der Waals surface area contributed by atoms with Crippen LogP contribution in [0.15, 0.2) is 24.5 Å². The van der Waals surface area contributed by atoms with Crippen molar-refractivity contribution in [1.82, 2.24) is 14.5 Å². The van der Waals surface area contributed by atoms with Crippen molar-refractivity contribution in [2.45, 2.75) is 52.5 Å². The number of amides is 1. The quantitative estimate of drug-likeness (QED) is 0.923. The molecular formula is C18H24N4O. The van der Waals surface area contributed by atoms with Crippen LogP contribution in [0.2, 0.25) is 0 Å². The lowest BCUT2D eigenvalue weighted by molar-refractivity contribution is -0.115. The molecule has 1 amide bonds. The first kappa shape index (κ1) is 15.7. The summed E-state index contributed by atoms with van der Waals surface area (Å²) in [5.41, 5.74) is 2.04. The Morgan fingerprint density at radius 1 is 1.39 bits per heavy atom. The number of aromatic nitrogens is 3. The van der Waals surface area contributed by atoms with Gasteiger partial charge in [-0.05, 0) is 42.9 Å². The summed E-state index contributed by atoms with van der Waals surface area (Å²) >= 11 is 0. The molecule has 1 aliphatic heterocycles. The Labute approximate surface area is 137 Å². The summed E-state index contributed by atoms with van der Waals surface area (Å²) in [6, 6.07) is 3.95. The minimum Gasteiger partial charge on any atom is -0.335 e. The van der Waals surface area contributed by atoms with E-state index in [4.69, 9.17) is 0 Å². The summed E-state index contributed by atoms with van der Waals surface area (Å²) in [6.07, 6.45) is 8.45. The molecule has 0 saturated heterocycles. The van der Waals surface area contributed by atoms with Gasteiger partial charge in [0, 0.05) is 25.4 Å². The van der Waals surface area contributed by atoms with Crippen LogP contribution >= 0.6 is 0 Å². The van der Waals surface area contributed by atoms with E-state index in [2.05, 4.69) is 33.7 Å². The average Bonchev–Trinajstić information content (AvgIpc) is 2.88. The highest BCUT2D eigenvalue weighted by molar-refractivity contribution is 5.91. The molecule has 0 saturated carbocycles. The van der Waals surface area contributed by atoms with Gasteiger partial charge in [-0.2, -0.15) is 0 Å². The topological polar surface area (TPSA) is 59.8 Å². The number of nitrogens with one attached hydrogen (secondary N) is 1. The second kappa shape index (κ2) is 6.94. The molecular weight excluding hydrogens is 288 g/mol. The number of anilines is 1. The fourth-order valence-corrected chi connectivity index (χ4v) is 3.05. The highest BCUT2D eigenvalue weighted by Gasteiger charge is 2.14. The Balaban J connectivity index is 1.62. The van der Waals surface area contributed by atoms with Crippen LogP contribution in [-0.4, -0.2) is 20.4 Å². The molecule has 1 N–H and O–H groups in total. The van der Waals surface area contributed by atoms with E-state index >= 15 is 0 Å². The SMILES string of the molecule is CC(C)Cc1ccnc(NC(=O)Cc2cn3c(n2)CCCC3)c1. The third kappa shape index (κ3) is 4.18. The maximum atomic E-state index is 12.2. The molecule has 5 heteroatoms. The van der Waals surface area contributed by atoms with Crippen LogP contribution < -0.4 is 5.32 Å². The van der Waals surface area contributed by atoms with E-state index in [1.54, 1.807) is 6.20 Å². The predicted molar refractivity (Wildman–Crippen MR) is 90.3 cm³/mol. The average molecular weight is 312 g/mol. The number of hydrogen-bond acceptors (Lipinski definition) is 3. The first-order valence-corrected chi connectivity index (χ1v) is 8.40. The molecule has 2 aromatic rings. The second-order valence-electron chi connectivity index (χ2n) is 6.67. The van der Waals surface area contributed by atoms with Crippen LogP contribution in [0.3, 0.4) is 0 Å². The van der Waals surface area contributed by atoms with Crippen molar-refractivity contribution in [1.29, 1.82) is 0 Å². The third-order valence-corrected chi connectivity index (χ3v) is 4.04. The number of aryl methyl sites for hydroxylation is 2. The summed E-state index contributed by atoms with van der Waals surface area (Å²) in [5.74, 6) is 2.25. The molecule has 122 valence electrons. The normalized spacial score (nSPS) is 13.9. The number of rotatable bonds is 5. The molecule has 0 spiro atoms. The van der Waals surface area contributed by atoms with Crippen LogP contribution in [0.25, 0.3) is 0 Å². The maximum Gasteiger partial charge on any atom is 0.231 e. The van der Waals surface area contributed by atoms with Gasteiger partial charge in [-0.3, -0.25) is 4.79 Å². The van der Waals surface area contributed by atoms with Crippen molar-refractivity contribution in [3.63, 3.8) is 0 Å². The van der Waals surface area contributed by atoms with E-state index in [1.807, 2.05) is 18.3 Å². The number of hydrogen-bond donors (Lipinski definition) is 1. The van der Waals surface area contributed by atoms with Gasteiger partial charge in [0.05, 0.1) is 12.1 Å². The number of pyridine rings is 1. The monoisotopic (exact) mass is 312 g/mol. The van der Waals surface area contributed by atoms with Gasteiger partial charge in [-0.25, -0.2) is 9.97 Å². The lowest BCUT2D eigenvalue weighted by atomic mass is 10.0. The number of carbonyl (C=O) groups excluding carboxylic acids is 1. The van der Waals surface area contributed by atoms with E-state index in [-0.39, 0.29) is 5.91 Å². The molecule has 0 radical (unpaired) electrons. The Morgan fingerprint density at radius 3 is 3.04 bits per heavy atom. The van der Waals surface area contributed by atoms with Crippen LogP contribution in [0.1, 0.15) is 43.8 Å². The van der Waals surface area contributed by atoms with Crippen molar-refractivity contribution in [2.75, 3.05) is 5.32 Å². The smallest absolute Gasteiger partial charge is 0.231 e. The Kier molecular flexibility index (Phi) is 4.74. The lowest BCUT2D eigenvalue weighted by Gasteiger charge is -2.11. The summed E-state index contributed by atoms with van der Waals surface area (Å²) in [6.45, 7) is 5.38. The standard InChI is InChI=1S/C18H24N4O/c1-13(2)9-14-6-7-19-16(10-14)21-18(23)11-15-12-22-8-4-3-5-17(22)20-15/h6-7,10,12-13H,3-5,8-9,11H2,1-2H3,(H,19,21,23). The molecule has 2 aromatic heterocycles. The van der Waals surface area contributed by atoms with Crippen LogP contribution in [0.5, 0.6) is 0 Å². The van der Waals surface area contributed by atoms with E-state index in [1.165, 1.54) is 18.4 Å².